The number of nitrogens with zero attached hydrogens (tertiary/aromatic N) is 1. The van der Waals surface area contributed by atoms with Crippen LogP contribution in [0.25, 0.3) is 11.0 Å². The average Bonchev–Trinajstić information content (AvgIpc) is 2.99. The van der Waals surface area contributed by atoms with E-state index in [1.165, 1.54) is 18.4 Å². The molecule has 0 aliphatic rings. The SMILES string of the molecule is CC(=O)Nc1nc(C(=O)OCc2cc(=O)oc3cc(C)ccc23)cs1. The third-order valence-corrected chi connectivity index (χ3v) is 4.10. The van der Waals surface area contributed by atoms with Crippen molar-refractivity contribution in [1.29, 1.82) is 0 Å². The number of amides is 1. The molecule has 0 unspecified atom stereocenters. The number of thiazole rings is 1. The molecule has 8 heteroatoms. The highest BCUT2D eigenvalue weighted by Gasteiger charge is 2.14. The Morgan fingerprint density at radius 3 is 2.88 bits per heavy atom. The first-order chi connectivity index (χ1) is 11.9. The predicted molar refractivity (Wildman–Crippen MR) is 92.8 cm³/mol. The molecule has 3 rings (SSSR count). The number of ether oxygens (including phenoxy) is 1. The van der Waals surface area contributed by atoms with Gasteiger partial charge in [-0.2, -0.15) is 0 Å². The summed E-state index contributed by atoms with van der Waals surface area (Å²) in [6.07, 6.45) is 0. The molecular weight excluding hydrogens is 344 g/mol. The van der Waals surface area contributed by atoms with Gasteiger partial charge in [0.25, 0.3) is 0 Å². The first-order valence-corrected chi connectivity index (χ1v) is 8.24. The summed E-state index contributed by atoms with van der Waals surface area (Å²) in [6, 6.07) is 6.75. The normalized spacial score (nSPS) is 10.6. The van der Waals surface area contributed by atoms with Crippen molar-refractivity contribution >= 4 is 39.3 Å². The molecule has 0 saturated heterocycles. The van der Waals surface area contributed by atoms with Gasteiger partial charge in [-0.15, -0.1) is 11.3 Å². The fourth-order valence-electron chi connectivity index (χ4n) is 2.25. The molecule has 0 aliphatic heterocycles. The number of hydrogen-bond donors (Lipinski definition) is 1. The van der Waals surface area contributed by atoms with Crippen LogP contribution >= 0.6 is 11.3 Å². The lowest BCUT2D eigenvalue weighted by Crippen LogP contribution is -2.09. The third-order valence-electron chi connectivity index (χ3n) is 3.34. The smallest absolute Gasteiger partial charge is 0.358 e. The number of hydrogen-bond acceptors (Lipinski definition) is 7. The Morgan fingerprint density at radius 2 is 2.12 bits per heavy atom. The lowest BCUT2D eigenvalue weighted by Gasteiger charge is -2.06. The number of carbonyl (C=O) groups is 2. The Bertz CT molecular complexity index is 1020. The van der Waals surface area contributed by atoms with Crippen LogP contribution in [0, 0.1) is 6.92 Å². The zero-order valence-electron chi connectivity index (χ0n) is 13.5. The number of rotatable bonds is 4. The van der Waals surface area contributed by atoms with E-state index in [4.69, 9.17) is 9.15 Å². The third kappa shape index (κ3) is 3.92. The molecule has 3 aromatic rings. The number of fused-ring (bicyclic) bond motifs is 1. The van der Waals surface area contributed by atoms with Crippen LogP contribution in [0.5, 0.6) is 0 Å². The molecule has 0 bridgehead atoms. The Kier molecular flexibility index (Phi) is 4.62. The van der Waals surface area contributed by atoms with Gasteiger partial charge in [0.05, 0.1) is 0 Å². The molecule has 0 saturated carbocycles. The Labute approximate surface area is 146 Å². The summed E-state index contributed by atoms with van der Waals surface area (Å²) in [5.74, 6) is -0.909. The summed E-state index contributed by atoms with van der Waals surface area (Å²) in [5, 5.41) is 5.02. The number of aromatic nitrogens is 1. The number of nitrogens with one attached hydrogen (secondary N) is 1. The first-order valence-electron chi connectivity index (χ1n) is 7.36. The van der Waals surface area contributed by atoms with Gasteiger partial charge in [0.1, 0.15) is 12.2 Å². The number of esters is 1. The summed E-state index contributed by atoms with van der Waals surface area (Å²) in [7, 11) is 0. The van der Waals surface area contributed by atoms with Crippen LogP contribution in [0.2, 0.25) is 0 Å². The van der Waals surface area contributed by atoms with E-state index in [-0.39, 0.29) is 18.2 Å². The maximum atomic E-state index is 12.1. The number of anilines is 1. The van der Waals surface area contributed by atoms with Gasteiger partial charge in [0.15, 0.2) is 10.8 Å². The molecular formula is C17H14N2O5S. The van der Waals surface area contributed by atoms with Crippen LogP contribution in [0.15, 0.2) is 38.9 Å². The van der Waals surface area contributed by atoms with Gasteiger partial charge < -0.3 is 14.5 Å². The molecule has 1 amide bonds. The summed E-state index contributed by atoms with van der Waals surface area (Å²) in [4.78, 5) is 38.7. The van der Waals surface area contributed by atoms with E-state index in [0.717, 1.165) is 16.9 Å². The maximum absolute atomic E-state index is 12.1. The van der Waals surface area contributed by atoms with Crippen LogP contribution in [0.3, 0.4) is 0 Å². The molecule has 1 aromatic carbocycles. The van der Waals surface area contributed by atoms with Crippen molar-refractivity contribution in [2.75, 3.05) is 5.32 Å². The minimum Gasteiger partial charge on any atom is -0.456 e. The molecule has 0 radical (unpaired) electrons. The van der Waals surface area contributed by atoms with Crippen LogP contribution in [-0.4, -0.2) is 16.9 Å². The molecule has 0 atom stereocenters. The van der Waals surface area contributed by atoms with Crippen LogP contribution in [-0.2, 0) is 16.1 Å². The largest absolute Gasteiger partial charge is 0.456 e. The lowest BCUT2D eigenvalue weighted by molar-refractivity contribution is -0.114. The second-order valence-electron chi connectivity index (χ2n) is 5.39. The van der Waals surface area contributed by atoms with E-state index in [9.17, 15) is 14.4 Å². The Hall–Kier alpha value is -3.00. The summed E-state index contributed by atoms with van der Waals surface area (Å²) < 4.78 is 10.4. The highest BCUT2D eigenvalue weighted by Crippen LogP contribution is 2.20. The number of aryl methyl sites for hydroxylation is 1. The minimum absolute atomic E-state index is 0.0863. The van der Waals surface area contributed by atoms with Gasteiger partial charge in [-0.05, 0) is 18.6 Å². The van der Waals surface area contributed by atoms with Gasteiger partial charge in [-0.1, -0.05) is 12.1 Å². The van der Waals surface area contributed by atoms with Crippen molar-refractivity contribution in [3.8, 4) is 0 Å². The van der Waals surface area contributed by atoms with Crippen molar-refractivity contribution in [1.82, 2.24) is 4.98 Å². The summed E-state index contributed by atoms with van der Waals surface area (Å²) in [5.41, 5.74) is 1.54. The van der Waals surface area contributed by atoms with E-state index >= 15 is 0 Å². The molecule has 1 N–H and O–H groups in total. The van der Waals surface area contributed by atoms with Crippen molar-refractivity contribution in [3.63, 3.8) is 0 Å². The van der Waals surface area contributed by atoms with Crippen LogP contribution < -0.4 is 10.9 Å². The second-order valence-corrected chi connectivity index (χ2v) is 6.24. The van der Waals surface area contributed by atoms with E-state index < -0.39 is 11.6 Å². The monoisotopic (exact) mass is 358 g/mol. The average molecular weight is 358 g/mol. The highest BCUT2D eigenvalue weighted by atomic mass is 32.1. The topological polar surface area (TPSA) is 98.5 Å². The van der Waals surface area contributed by atoms with E-state index in [1.807, 2.05) is 19.1 Å². The molecule has 0 aliphatic carbocycles. The summed E-state index contributed by atoms with van der Waals surface area (Å²) in [6.45, 7) is 3.16. The lowest BCUT2D eigenvalue weighted by atomic mass is 10.1. The zero-order valence-corrected chi connectivity index (χ0v) is 14.3. The number of benzene rings is 1. The quantitative estimate of drug-likeness (QED) is 0.569. The first kappa shape index (κ1) is 16.8. The molecule has 0 spiro atoms. The van der Waals surface area contributed by atoms with Crippen molar-refractivity contribution in [2.24, 2.45) is 0 Å². The molecule has 128 valence electrons. The molecule has 7 nitrogen and oxygen atoms in total. The van der Waals surface area contributed by atoms with Gasteiger partial charge in [-0.25, -0.2) is 14.6 Å². The van der Waals surface area contributed by atoms with Gasteiger partial charge in [-0.3, -0.25) is 4.79 Å². The second kappa shape index (κ2) is 6.86. The molecule has 0 fully saturated rings. The van der Waals surface area contributed by atoms with E-state index in [2.05, 4.69) is 10.3 Å². The van der Waals surface area contributed by atoms with Crippen molar-refractivity contribution in [3.05, 3.63) is 56.9 Å². The van der Waals surface area contributed by atoms with Crippen molar-refractivity contribution < 1.29 is 18.7 Å². The zero-order chi connectivity index (χ0) is 18.0. The van der Waals surface area contributed by atoms with Crippen LogP contribution in [0.1, 0.15) is 28.5 Å². The van der Waals surface area contributed by atoms with Gasteiger partial charge >= 0.3 is 11.6 Å². The summed E-state index contributed by atoms with van der Waals surface area (Å²) >= 11 is 1.13. The molecule has 2 aromatic heterocycles. The molecule has 2 heterocycles. The fourth-order valence-corrected chi connectivity index (χ4v) is 2.98. The van der Waals surface area contributed by atoms with E-state index in [1.54, 1.807) is 6.07 Å². The Morgan fingerprint density at radius 1 is 1.32 bits per heavy atom. The minimum atomic E-state index is -0.638. The van der Waals surface area contributed by atoms with E-state index in [0.29, 0.717) is 21.7 Å². The standard InChI is InChI=1S/C17H14N2O5S/c1-9-3-4-12-11(6-15(21)24-14(12)5-9)7-23-16(22)13-8-25-17(19-13)18-10(2)20/h3-6,8H,7H2,1-2H3,(H,18,19,20). The fraction of sp³-hybridized carbons (Fsp3) is 0.176. The van der Waals surface area contributed by atoms with Gasteiger partial charge in [0, 0.05) is 29.3 Å². The van der Waals surface area contributed by atoms with Crippen molar-refractivity contribution in [2.45, 2.75) is 20.5 Å². The van der Waals surface area contributed by atoms with Gasteiger partial charge in [0.2, 0.25) is 5.91 Å². The predicted octanol–water partition coefficient (Wildman–Crippen LogP) is 2.87. The molecule has 25 heavy (non-hydrogen) atoms. The number of carbonyl (C=O) groups excluding carboxylic acids is 2. The maximum Gasteiger partial charge on any atom is 0.358 e. The highest BCUT2D eigenvalue weighted by molar-refractivity contribution is 7.14. The Balaban J connectivity index is 1.78. The van der Waals surface area contributed by atoms with Crippen LogP contribution in [0.4, 0.5) is 5.13 Å².